The molecule has 1 unspecified atom stereocenters. The van der Waals surface area contributed by atoms with Gasteiger partial charge < -0.3 is 19.5 Å². The number of ether oxygens (including phenoxy) is 1. The summed E-state index contributed by atoms with van der Waals surface area (Å²) in [5.74, 6) is -0.650. The van der Waals surface area contributed by atoms with Crippen molar-refractivity contribution in [3.8, 4) is 5.75 Å². The zero-order chi connectivity index (χ0) is 19.6. The van der Waals surface area contributed by atoms with Crippen molar-refractivity contribution in [2.45, 2.75) is 18.8 Å². The summed E-state index contributed by atoms with van der Waals surface area (Å²) >= 11 is 0. The van der Waals surface area contributed by atoms with Crippen LogP contribution >= 0.6 is 0 Å². The number of carbonyl (C=O) groups is 1. The maximum atomic E-state index is 12.4. The Balaban J connectivity index is 1.65. The maximum absolute atomic E-state index is 12.4. The van der Waals surface area contributed by atoms with E-state index >= 15 is 0 Å². The van der Waals surface area contributed by atoms with Crippen molar-refractivity contribution in [3.05, 3.63) is 58.5 Å². The lowest BCUT2D eigenvalue weighted by Crippen LogP contribution is -2.39. The highest BCUT2D eigenvalue weighted by atomic mass is 19.4. The van der Waals surface area contributed by atoms with Crippen LogP contribution in [-0.4, -0.2) is 36.0 Å². The number of amides is 1. The summed E-state index contributed by atoms with van der Waals surface area (Å²) in [4.78, 5) is 25.9. The average Bonchev–Trinajstić information content (AvgIpc) is 3.04. The first-order chi connectivity index (χ1) is 12.7. The molecule has 1 N–H and O–H groups in total. The molecule has 2 aromatic rings. The van der Waals surface area contributed by atoms with E-state index in [4.69, 9.17) is 0 Å². The highest BCUT2D eigenvalue weighted by Gasteiger charge is 2.31. The number of halogens is 3. The molecule has 1 aliphatic rings. The third-order valence-electron chi connectivity index (χ3n) is 4.36. The number of alkyl halides is 3. The molecular formula is C18H18F3N3O3. The second kappa shape index (κ2) is 7.34. The Hall–Kier alpha value is -2.97. The second-order valence-electron chi connectivity index (χ2n) is 6.26. The normalized spacial score (nSPS) is 17.0. The van der Waals surface area contributed by atoms with E-state index in [2.05, 4.69) is 10.1 Å². The Bertz CT molecular complexity index is 895. The Morgan fingerprint density at radius 2 is 1.96 bits per heavy atom. The van der Waals surface area contributed by atoms with Gasteiger partial charge in [0.25, 0.3) is 11.5 Å². The van der Waals surface area contributed by atoms with Crippen LogP contribution in [0.2, 0.25) is 0 Å². The van der Waals surface area contributed by atoms with Gasteiger partial charge in [-0.15, -0.1) is 13.2 Å². The molecule has 1 saturated heterocycles. The molecule has 6 nitrogen and oxygen atoms in total. The lowest BCUT2D eigenvalue weighted by Gasteiger charge is -2.20. The Kier molecular flexibility index (Phi) is 5.11. The van der Waals surface area contributed by atoms with E-state index in [9.17, 15) is 22.8 Å². The number of benzene rings is 1. The minimum Gasteiger partial charge on any atom is -0.406 e. The molecule has 1 aromatic heterocycles. The maximum Gasteiger partial charge on any atom is 0.573 e. The van der Waals surface area contributed by atoms with E-state index in [-0.39, 0.29) is 29.0 Å². The number of anilines is 1. The van der Waals surface area contributed by atoms with E-state index in [1.807, 2.05) is 4.90 Å². The Morgan fingerprint density at radius 1 is 1.22 bits per heavy atom. The van der Waals surface area contributed by atoms with Crippen molar-refractivity contribution in [3.63, 3.8) is 0 Å². The van der Waals surface area contributed by atoms with Crippen LogP contribution in [0.1, 0.15) is 16.9 Å². The van der Waals surface area contributed by atoms with Crippen LogP contribution in [-0.2, 0) is 7.05 Å². The van der Waals surface area contributed by atoms with Gasteiger partial charge >= 0.3 is 6.36 Å². The van der Waals surface area contributed by atoms with Crippen LogP contribution in [0.15, 0.2) is 47.3 Å². The van der Waals surface area contributed by atoms with Crippen LogP contribution in [0, 0.1) is 0 Å². The third-order valence-corrected chi connectivity index (χ3v) is 4.36. The lowest BCUT2D eigenvalue weighted by molar-refractivity contribution is -0.274. The lowest BCUT2D eigenvalue weighted by atomic mass is 10.2. The first-order valence-electron chi connectivity index (χ1n) is 8.30. The largest absolute Gasteiger partial charge is 0.573 e. The molecule has 0 spiro atoms. The summed E-state index contributed by atoms with van der Waals surface area (Å²) in [6, 6.07) is 9.99. The van der Waals surface area contributed by atoms with E-state index in [1.165, 1.54) is 41.9 Å². The highest BCUT2D eigenvalue weighted by molar-refractivity contribution is 5.92. The smallest absolute Gasteiger partial charge is 0.406 e. The predicted octanol–water partition coefficient (Wildman–Crippen LogP) is 2.29. The van der Waals surface area contributed by atoms with Crippen LogP contribution < -0.4 is 20.5 Å². The molecule has 1 amide bonds. The Morgan fingerprint density at radius 3 is 2.70 bits per heavy atom. The molecule has 2 heterocycles. The summed E-state index contributed by atoms with van der Waals surface area (Å²) in [5, 5.41) is 2.86. The van der Waals surface area contributed by atoms with Crippen molar-refractivity contribution in [1.82, 2.24) is 9.88 Å². The van der Waals surface area contributed by atoms with E-state index in [1.54, 1.807) is 12.1 Å². The number of carbonyl (C=O) groups excluding carboxylic acids is 1. The monoisotopic (exact) mass is 381 g/mol. The molecule has 144 valence electrons. The van der Waals surface area contributed by atoms with Crippen LogP contribution in [0.4, 0.5) is 18.9 Å². The number of pyridine rings is 1. The van der Waals surface area contributed by atoms with E-state index in [0.717, 1.165) is 0 Å². The summed E-state index contributed by atoms with van der Waals surface area (Å²) < 4.78 is 42.3. The van der Waals surface area contributed by atoms with Crippen molar-refractivity contribution < 1.29 is 22.7 Å². The van der Waals surface area contributed by atoms with Gasteiger partial charge in [-0.2, -0.15) is 0 Å². The van der Waals surface area contributed by atoms with Crippen molar-refractivity contribution >= 4 is 11.6 Å². The minimum absolute atomic E-state index is 0.181. The van der Waals surface area contributed by atoms with Gasteiger partial charge in [0.15, 0.2) is 0 Å². The molecular weight excluding hydrogens is 363 g/mol. The van der Waals surface area contributed by atoms with Gasteiger partial charge in [-0.3, -0.25) is 9.59 Å². The number of rotatable bonds is 4. The molecule has 1 atom stereocenters. The SMILES string of the molecule is Cn1c(C(=O)NC2CCN(c3cccc(OC(F)(F)F)c3)C2)cccc1=O. The fourth-order valence-corrected chi connectivity index (χ4v) is 3.04. The summed E-state index contributed by atoms with van der Waals surface area (Å²) in [5.41, 5.74) is 0.555. The summed E-state index contributed by atoms with van der Waals surface area (Å²) in [7, 11) is 1.52. The van der Waals surface area contributed by atoms with Gasteiger partial charge in [0.2, 0.25) is 0 Å². The topological polar surface area (TPSA) is 63.6 Å². The number of nitrogens with one attached hydrogen (secondary N) is 1. The highest BCUT2D eigenvalue weighted by Crippen LogP contribution is 2.28. The van der Waals surface area contributed by atoms with E-state index in [0.29, 0.717) is 25.2 Å². The molecule has 27 heavy (non-hydrogen) atoms. The first-order valence-corrected chi connectivity index (χ1v) is 8.30. The molecule has 0 radical (unpaired) electrons. The molecule has 9 heteroatoms. The number of aromatic nitrogens is 1. The molecule has 0 saturated carbocycles. The molecule has 1 aromatic carbocycles. The van der Waals surface area contributed by atoms with Gasteiger partial charge in [-0.05, 0) is 24.6 Å². The van der Waals surface area contributed by atoms with E-state index < -0.39 is 6.36 Å². The number of hydrogen-bond donors (Lipinski definition) is 1. The number of hydrogen-bond acceptors (Lipinski definition) is 4. The zero-order valence-electron chi connectivity index (χ0n) is 14.5. The quantitative estimate of drug-likeness (QED) is 0.883. The van der Waals surface area contributed by atoms with Gasteiger partial charge in [0, 0.05) is 44.0 Å². The zero-order valence-corrected chi connectivity index (χ0v) is 14.5. The van der Waals surface area contributed by atoms with Gasteiger partial charge in [0.1, 0.15) is 11.4 Å². The standard InChI is InChI=1S/C18H18F3N3O3/c1-23-15(6-3-7-16(23)25)17(26)22-12-8-9-24(11-12)13-4-2-5-14(10-13)27-18(19,20)21/h2-7,10,12H,8-9,11H2,1H3,(H,22,26). The predicted molar refractivity (Wildman–Crippen MR) is 92.9 cm³/mol. The van der Waals surface area contributed by atoms with Crippen molar-refractivity contribution in [2.75, 3.05) is 18.0 Å². The van der Waals surface area contributed by atoms with Gasteiger partial charge in [-0.1, -0.05) is 12.1 Å². The first kappa shape index (κ1) is 18.8. The molecule has 1 aliphatic heterocycles. The fourth-order valence-electron chi connectivity index (χ4n) is 3.04. The van der Waals surface area contributed by atoms with Crippen molar-refractivity contribution in [2.24, 2.45) is 7.05 Å². The van der Waals surface area contributed by atoms with Crippen LogP contribution in [0.3, 0.4) is 0 Å². The van der Waals surface area contributed by atoms with Gasteiger partial charge in [-0.25, -0.2) is 0 Å². The van der Waals surface area contributed by atoms with Gasteiger partial charge in [0.05, 0.1) is 0 Å². The molecule has 1 fully saturated rings. The van der Waals surface area contributed by atoms with Crippen LogP contribution in [0.5, 0.6) is 5.75 Å². The third kappa shape index (κ3) is 4.60. The summed E-state index contributed by atoms with van der Waals surface area (Å²) in [6.45, 7) is 1.02. The summed E-state index contributed by atoms with van der Waals surface area (Å²) in [6.07, 6.45) is -4.11. The minimum atomic E-state index is -4.74. The molecule has 0 bridgehead atoms. The molecule has 0 aliphatic carbocycles. The van der Waals surface area contributed by atoms with Crippen LogP contribution in [0.25, 0.3) is 0 Å². The second-order valence-corrected chi connectivity index (χ2v) is 6.26. The average molecular weight is 381 g/mol. The fraction of sp³-hybridized carbons (Fsp3) is 0.333. The Labute approximate surface area is 153 Å². The van der Waals surface area contributed by atoms with Crippen molar-refractivity contribution in [1.29, 1.82) is 0 Å². The molecule has 3 rings (SSSR count). The number of nitrogens with zero attached hydrogens (tertiary/aromatic N) is 2.